The lowest BCUT2D eigenvalue weighted by molar-refractivity contribution is -0.117. The Morgan fingerprint density at radius 1 is 1.38 bits per heavy atom. The van der Waals surface area contributed by atoms with E-state index >= 15 is 0 Å². The molecule has 2 aromatic rings. The van der Waals surface area contributed by atoms with Crippen molar-refractivity contribution in [3.63, 3.8) is 0 Å². The molecule has 1 aromatic heterocycles. The lowest BCUT2D eigenvalue weighted by Gasteiger charge is -2.23. The first-order valence-electron chi connectivity index (χ1n) is 6.81. The molecule has 112 valence electrons. The predicted molar refractivity (Wildman–Crippen MR) is 80.7 cm³/mol. The second kappa shape index (κ2) is 4.56. The van der Waals surface area contributed by atoms with Gasteiger partial charge in [-0.05, 0) is 38.8 Å². The van der Waals surface area contributed by atoms with Gasteiger partial charge in [0.15, 0.2) is 9.84 Å². The van der Waals surface area contributed by atoms with Gasteiger partial charge in [-0.2, -0.15) is 0 Å². The van der Waals surface area contributed by atoms with Gasteiger partial charge in [-0.25, -0.2) is 13.4 Å². The normalized spacial score (nSPS) is 16.1. The summed E-state index contributed by atoms with van der Waals surface area (Å²) in [6.45, 7) is 2.92. The minimum absolute atomic E-state index is 0.376. The number of carbonyl (C=O) groups is 1. The number of aromatic amines is 1. The quantitative estimate of drug-likeness (QED) is 0.901. The molecule has 0 atom stereocenters. The lowest BCUT2D eigenvalue weighted by atomic mass is 10.2. The maximum Gasteiger partial charge on any atom is 0.245 e. The first-order chi connectivity index (χ1) is 9.84. The third-order valence-corrected chi connectivity index (χ3v) is 6.88. The van der Waals surface area contributed by atoms with Gasteiger partial charge in [0.05, 0.1) is 22.8 Å². The van der Waals surface area contributed by atoms with Crippen LogP contribution in [-0.4, -0.2) is 34.3 Å². The fraction of sp³-hybridized carbons (Fsp3) is 0.429. The number of nitrogens with zero attached hydrogens (tertiary/aromatic N) is 1. The standard InChI is InChI=1S/C14H17N3O3S/c1-14(2,21(19,20)9-6-7-9)13(18)17-11-5-3-4-10-12(11)16-8-15-10/h3-5,8-9H,6-7H2,1-2H3,(H,15,16)(H,17,18). The third-order valence-electron chi connectivity index (χ3n) is 3.92. The Morgan fingerprint density at radius 3 is 2.76 bits per heavy atom. The van der Waals surface area contributed by atoms with Crippen LogP contribution in [0, 0.1) is 0 Å². The number of amides is 1. The van der Waals surface area contributed by atoms with Crippen LogP contribution in [0.2, 0.25) is 0 Å². The van der Waals surface area contributed by atoms with E-state index in [9.17, 15) is 13.2 Å². The first-order valence-corrected chi connectivity index (χ1v) is 8.35. The molecule has 1 aromatic carbocycles. The summed E-state index contributed by atoms with van der Waals surface area (Å²) in [7, 11) is -3.46. The van der Waals surface area contributed by atoms with E-state index in [1.165, 1.54) is 20.2 Å². The molecule has 2 N–H and O–H groups in total. The molecule has 0 spiro atoms. The smallest absolute Gasteiger partial charge is 0.245 e. The highest BCUT2D eigenvalue weighted by Crippen LogP contribution is 2.36. The van der Waals surface area contributed by atoms with Crippen LogP contribution >= 0.6 is 0 Å². The predicted octanol–water partition coefficient (Wildman–Crippen LogP) is 1.86. The molecule has 1 saturated carbocycles. The number of rotatable bonds is 4. The Labute approximate surface area is 122 Å². The second-order valence-corrected chi connectivity index (χ2v) is 8.59. The van der Waals surface area contributed by atoms with Crippen molar-refractivity contribution < 1.29 is 13.2 Å². The van der Waals surface area contributed by atoms with Crippen LogP contribution in [0.5, 0.6) is 0 Å². The number of H-pyrrole nitrogens is 1. The van der Waals surface area contributed by atoms with E-state index in [0.29, 0.717) is 24.0 Å². The zero-order valence-corrected chi connectivity index (χ0v) is 12.7. The van der Waals surface area contributed by atoms with Crippen molar-refractivity contribution in [3.05, 3.63) is 24.5 Å². The van der Waals surface area contributed by atoms with Gasteiger partial charge in [0.2, 0.25) is 5.91 Å². The van der Waals surface area contributed by atoms with Crippen LogP contribution in [0.25, 0.3) is 11.0 Å². The Morgan fingerprint density at radius 2 is 2.10 bits per heavy atom. The largest absolute Gasteiger partial charge is 0.345 e. The number of benzene rings is 1. The second-order valence-electron chi connectivity index (χ2n) is 5.81. The molecule has 0 unspecified atom stereocenters. The highest BCUT2D eigenvalue weighted by Gasteiger charge is 2.50. The van der Waals surface area contributed by atoms with Gasteiger partial charge in [0, 0.05) is 0 Å². The van der Waals surface area contributed by atoms with E-state index < -0.39 is 20.5 Å². The van der Waals surface area contributed by atoms with Gasteiger partial charge in [0.25, 0.3) is 0 Å². The number of nitrogens with one attached hydrogen (secondary N) is 2. The van der Waals surface area contributed by atoms with Crippen LogP contribution in [0.3, 0.4) is 0 Å². The molecule has 1 fully saturated rings. The van der Waals surface area contributed by atoms with Crippen molar-refractivity contribution in [1.82, 2.24) is 9.97 Å². The number of imidazole rings is 1. The van der Waals surface area contributed by atoms with Gasteiger partial charge in [-0.3, -0.25) is 4.79 Å². The summed E-state index contributed by atoms with van der Waals surface area (Å²) in [5.74, 6) is -0.523. The molecule has 7 heteroatoms. The number of hydrogen-bond donors (Lipinski definition) is 2. The molecule has 1 aliphatic carbocycles. The van der Waals surface area contributed by atoms with Crippen LogP contribution < -0.4 is 5.32 Å². The van der Waals surface area contributed by atoms with E-state index in [1.807, 2.05) is 6.07 Å². The van der Waals surface area contributed by atoms with E-state index in [0.717, 1.165) is 5.52 Å². The zero-order chi connectivity index (χ0) is 15.3. The molecule has 3 rings (SSSR count). The number of para-hydroxylation sites is 1. The van der Waals surface area contributed by atoms with Crippen molar-refractivity contribution in [2.24, 2.45) is 0 Å². The van der Waals surface area contributed by atoms with Crippen molar-refractivity contribution in [2.75, 3.05) is 5.32 Å². The fourth-order valence-electron chi connectivity index (χ4n) is 2.26. The van der Waals surface area contributed by atoms with Crippen LogP contribution in [-0.2, 0) is 14.6 Å². The first kappa shape index (κ1) is 14.1. The number of carbonyl (C=O) groups excluding carboxylic acids is 1. The maximum atomic E-state index is 12.5. The minimum atomic E-state index is -3.46. The van der Waals surface area contributed by atoms with Crippen LogP contribution in [0.4, 0.5) is 5.69 Å². The summed E-state index contributed by atoms with van der Waals surface area (Å²) in [5, 5.41) is 2.32. The van der Waals surface area contributed by atoms with Crippen LogP contribution in [0.15, 0.2) is 24.5 Å². The van der Waals surface area contributed by atoms with Gasteiger partial charge in [0.1, 0.15) is 10.3 Å². The molecule has 1 aliphatic rings. The Bertz CT molecular complexity index is 804. The van der Waals surface area contributed by atoms with E-state index in [4.69, 9.17) is 0 Å². The molecule has 0 radical (unpaired) electrons. The molecular weight excluding hydrogens is 290 g/mol. The Kier molecular flexibility index (Phi) is 3.05. The third kappa shape index (κ3) is 2.21. The topological polar surface area (TPSA) is 91.9 Å². The summed E-state index contributed by atoms with van der Waals surface area (Å²) >= 11 is 0. The zero-order valence-electron chi connectivity index (χ0n) is 11.9. The van der Waals surface area contributed by atoms with Crippen molar-refractivity contribution in [2.45, 2.75) is 36.7 Å². The highest BCUT2D eigenvalue weighted by molar-refractivity contribution is 7.94. The molecular formula is C14H17N3O3S. The van der Waals surface area contributed by atoms with E-state index in [2.05, 4.69) is 15.3 Å². The maximum absolute atomic E-state index is 12.5. The molecule has 1 amide bonds. The Balaban J connectivity index is 1.91. The summed E-state index contributed by atoms with van der Waals surface area (Å²) in [6.07, 6.45) is 2.83. The van der Waals surface area contributed by atoms with E-state index in [-0.39, 0.29) is 5.25 Å². The summed E-state index contributed by atoms with van der Waals surface area (Å²) < 4.78 is 23.3. The fourth-order valence-corrected chi connectivity index (χ4v) is 4.16. The minimum Gasteiger partial charge on any atom is -0.345 e. The van der Waals surface area contributed by atoms with Crippen molar-refractivity contribution >= 4 is 32.5 Å². The van der Waals surface area contributed by atoms with Gasteiger partial charge in [-0.15, -0.1) is 0 Å². The summed E-state index contributed by atoms with van der Waals surface area (Å²) in [5.41, 5.74) is 1.92. The number of sulfone groups is 1. The molecule has 6 nitrogen and oxygen atoms in total. The average Bonchev–Trinajstić information content (AvgIpc) is 3.18. The molecule has 0 saturated heterocycles. The summed E-state index contributed by atoms with van der Waals surface area (Å²) in [6, 6.07) is 5.32. The van der Waals surface area contributed by atoms with Gasteiger partial charge in [-0.1, -0.05) is 6.07 Å². The molecule has 0 aliphatic heterocycles. The number of fused-ring (bicyclic) bond motifs is 1. The molecule has 21 heavy (non-hydrogen) atoms. The van der Waals surface area contributed by atoms with E-state index in [1.54, 1.807) is 12.1 Å². The molecule has 0 bridgehead atoms. The lowest BCUT2D eigenvalue weighted by Crippen LogP contribution is -2.46. The molecule has 1 heterocycles. The number of aromatic nitrogens is 2. The summed E-state index contributed by atoms with van der Waals surface area (Å²) in [4.78, 5) is 19.5. The number of hydrogen-bond acceptors (Lipinski definition) is 4. The van der Waals surface area contributed by atoms with Gasteiger partial charge < -0.3 is 10.3 Å². The monoisotopic (exact) mass is 307 g/mol. The van der Waals surface area contributed by atoms with Crippen molar-refractivity contribution in [1.29, 1.82) is 0 Å². The Hall–Kier alpha value is -1.89. The highest BCUT2D eigenvalue weighted by atomic mass is 32.2. The SMILES string of the molecule is CC(C)(C(=O)Nc1cccc2[nH]cnc12)S(=O)(=O)C1CC1. The van der Waals surface area contributed by atoms with Crippen LogP contribution in [0.1, 0.15) is 26.7 Å². The van der Waals surface area contributed by atoms with Crippen molar-refractivity contribution in [3.8, 4) is 0 Å². The average molecular weight is 307 g/mol. The van der Waals surface area contributed by atoms with Gasteiger partial charge >= 0.3 is 0 Å². The number of anilines is 1.